The monoisotopic (exact) mass is 437 g/mol. The Hall–Kier alpha value is -2.53. The molecule has 1 saturated carbocycles. The molecule has 0 saturated heterocycles. The van der Waals surface area contributed by atoms with E-state index < -0.39 is 0 Å². The van der Waals surface area contributed by atoms with Crippen LogP contribution in [-0.2, 0) is 11.8 Å². The number of aryl methyl sites for hydroxylation is 1. The first-order chi connectivity index (χ1) is 15.1. The Kier molecular flexibility index (Phi) is 5.74. The number of carbonyl (C=O) groups is 1. The van der Waals surface area contributed by atoms with Gasteiger partial charge in [-0.05, 0) is 90.0 Å². The predicted octanol–water partition coefficient (Wildman–Crippen LogP) is 4.98. The maximum atomic E-state index is 13.5. The number of fused-ring (bicyclic) bond motifs is 3. The van der Waals surface area contributed by atoms with Gasteiger partial charge in [-0.15, -0.1) is 0 Å². The Morgan fingerprint density at radius 1 is 1.06 bits per heavy atom. The largest absolute Gasteiger partial charge is 0.497 e. The number of ether oxygens (including phenoxy) is 2. The van der Waals surface area contributed by atoms with E-state index in [2.05, 4.69) is 26.8 Å². The molecule has 5 heteroatoms. The molecule has 4 rings (SSSR count). The second kappa shape index (κ2) is 8.11. The molecule has 0 spiro atoms. The van der Waals surface area contributed by atoms with Crippen molar-refractivity contribution in [3.05, 3.63) is 53.1 Å². The summed E-state index contributed by atoms with van der Waals surface area (Å²) in [6.45, 7) is 6.72. The lowest BCUT2D eigenvalue weighted by molar-refractivity contribution is -0.0731. The predicted molar refractivity (Wildman–Crippen MR) is 127 cm³/mol. The Morgan fingerprint density at radius 3 is 2.38 bits per heavy atom. The van der Waals surface area contributed by atoms with Gasteiger partial charge in [-0.1, -0.05) is 20.8 Å². The average molecular weight is 438 g/mol. The van der Waals surface area contributed by atoms with Gasteiger partial charge in [0.25, 0.3) is 5.91 Å². The van der Waals surface area contributed by atoms with E-state index in [0.717, 1.165) is 37.1 Å². The Morgan fingerprint density at radius 2 is 1.75 bits per heavy atom. The molecule has 2 aromatic rings. The molecule has 1 fully saturated rings. The van der Waals surface area contributed by atoms with Gasteiger partial charge in [0.2, 0.25) is 0 Å². The van der Waals surface area contributed by atoms with Crippen LogP contribution in [0.3, 0.4) is 0 Å². The molecular formula is C27H35NO4. The summed E-state index contributed by atoms with van der Waals surface area (Å²) in [4.78, 5) is 15.1. The Balaban J connectivity index is 1.72. The number of carbonyl (C=O) groups excluding carboxylic acids is 1. The van der Waals surface area contributed by atoms with Gasteiger partial charge in [-0.3, -0.25) is 4.79 Å². The smallest absolute Gasteiger partial charge is 0.261 e. The molecule has 0 heterocycles. The van der Waals surface area contributed by atoms with Crippen LogP contribution < -0.4 is 14.4 Å². The summed E-state index contributed by atoms with van der Waals surface area (Å²) >= 11 is 0. The molecule has 2 aromatic carbocycles. The number of hydrogen-bond acceptors (Lipinski definition) is 4. The second-order valence-corrected chi connectivity index (χ2v) is 10.2. The van der Waals surface area contributed by atoms with Gasteiger partial charge >= 0.3 is 0 Å². The van der Waals surface area contributed by atoms with Crippen molar-refractivity contribution in [2.75, 3.05) is 26.2 Å². The minimum absolute atomic E-state index is 0.0347. The first kappa shape index (κ1) is 22.7. The van der Waals surface area contributed by atoms with E-state index in [-0.39, 0.29) is 22.8 Å². The van der Waals surface area contributed by atoms with Crippen LogP contribution in [-0.4, -0.2) is 38.4 Å². The molecule has 1 amide bonds. The molecule has 1 N–H and O–H groups in total. The zero-order chi connectivity index (χ0) is 23.3. The van der Waals surface area contributed by atoms with Crippen molar-refractivity contribution in [2.45, 2.75) is 58.0 Å². The highest BCUT2D eigenvalue weighted by molar-refractivity contribution is 6.07. The first-order valence-electron chi connectivity index (χ1n) is 11.4. The van der Waals surface area contributed by atoms with E-state index >= 15 is 0 Å². The fourth-order valence-corrected chi connectivity index (χ4v) is 6.15. The molecular weight excluding hydrogens is 402 g/mol. The maximum Gasteiger partial charge on any atom is 0.261 e. The standard InChI is InChI=1S/C27H35NO4/c1-26(2)23-12-7-17-15-20(25(30)28(4)18-8-10-19(31-5)11-9-18)22(32-6)16-21(17)27(23,3)14-13-24(26)29/h8-11,15-16,23-24,29H,7,12-14H2,1-6H3/t23-,24-,27+/m0/s1. The van der Waals surface area contributed by atoms with Gasteiger partial charge in [0.05, 0.1) is 25.9 Å². The third kappa shape index (κ3) is 3.47. The third-order valence-corrected chi connectivity index (χ3v) is 8.20. The van der Waals surface area contributed by atoms with Crippen LogP contribution in [0.4, 0.5) is 5.69 Å². The normalized spacial score (nSPS) is 26.0. The lowest BCUT2D eigenvalue weighted by Crippen LogP contribution is -2.53. The minimum Gasteiger partial charge on any atom is -0.497 e. The molecule has 2 aliphatic carbocycles. The molecule has 0 aromatic heterocycles. The van der Waals surface area contributed by atoms with Crippen LogP contribution in [0.15, 0.2) is 36.4 Å². The Labute approximate surface area is 191 Å². The second-order valence-electron chi connectivity index (χ2n) is 10.2. The SMILES string of the molecule is COc1ccc(N(C)C(=O)c2cc3c(cc2OC)[C@@]2(C)CC[C@H](O)C(C)(C)[C@@H]2CC3)cc1. The number of nitrogens with zero attached hydrogens (tertiary/aromatic N) is 1. The number of amides is 1. The van der Waals surface area contributed by atoms with Gasteiger partial charge in [0.1, 0.15) is 11.5 Å². The molecule has 0 radical (unpaired) electrons. The molecule has 172 valence electrons. The van der Waals surface area contributed by atoms with Crippen molar-refractivity contribution in [2.24, 2.45) is 11.3 Å². The summed E-state index contributed by atoms with van der Waals surface area (Å²) < 4.78 is 11.0. The molecule has 0 bridgehead atoms. The Bertz CT molecular complexity index is 1010. The van der Waals surface area contributed by atoms with Crippen molar-refractivity contribution in [1.82, 2.24) is 0 Å². The van der Waals surface area contributed by atoms with E-state index in [1.807, 2.05) is 30.3 Å². The van der Waals surface area contributed by atoms with E-state index in [4.69, 9.17) is 9.47 Å². The molecule has 5 nitrogen and oxygen atoms in total. The molecule has 2 aliphatic rings. The van der Waals surface area contributed by atoms with Crippen molar-refractivity contribution >= 4 is 11.6 Å². The van der Waals surface area contributed by atoms with E-state index in [0.29, 0.717) is 17.2 Å². The van der Waals surface area contributed by atoms with E-state index in [1.54, 1.807) is 26.2 Å². The zero-order valence-corrected chi connectivity index (χ0v) is 20.1. The van der Waals surface area contributed by atoms with Crippen LogP contribution in [0.1, 0.15) is 61.5 Å². The number of anilines is 1. The number of benzene rings is 2. The van der Waals surface area contributed by atoms with Crippen molar-refractivity contribution < 1.29 is 19.4 Å². The molecule has 0 unspecified atom stereocenters. The van der Waals surface area contributed by atoms with Crippen LogP contribution >= 0.6 is 0 Å². The van der Waals surface area contributed by atoms with Crippen molar-refractivity contribution in [1.29, 1.82) is 0 Å². The first-order valence-corrected chi connectivity index (χ1v) is 11.4. The molecule has 0 aliphatic heterocycles. The zero-order valence-electron chi connectivity index (χ0n) is 20.1. The van der Waals surface area contributed by atoms with Crippen molar-refractivity contribution in [3.8, 4) is 11.5 Å². The van der Waals surface area contributed by atoms with Crippen LogP contribution in [0, 0.1) is 11.3 Å². The maximum absolute atomic E-state index is 13.5. The van der Waals surface area contributed by atoms with Crippen LogP contribution in [0.25, 0.3) is 0 Å². The number of aliphatic hydroxyl groups is 1. The fraction of sp³-hybridized carbons (Fsp3) is 0.519. The van der Waals surface area contributed by atoms with Gasteiger partial charge in [-0.2, -0.15) is 0 Å². The summed E-state index contributed by atoms with van der Waals surface area (Å²) in [5.41, 5.74) is 3.71. The average Bonchev–Trinajstić information content (AvgIpc) is 2.80. The summed E-state index contributed by atoms with van der Waals surface area (Å²) in [6, 6.07) is 11.6. The summed E-state index contributed by atoms with van der Waals surface area (Å²) in [6.07, 6.45) is 3.38. The van der Waals surface area contributed by atoms with Crippen LogP contribution in [0.2, 0.25) is 0 Å². The molecule has 3 atom stereocenters. The van der Waals surface area contributed by atoms with Crippen LogP contribution in [0.5, 0.6) is 11.5 Å². The van der Waals surface area contributed by atoms with Crippen molar-refractivity contribution in [3.63, 3.8) is 0 Å². The topological polar surface area (TPSA) is 59.0 Å². The van der Waals surface area contributed by atoms with Gasteiger partial charge < -0.3 is 19.5 Å². The lowest BCUT2D eigenvalue weighted by Gasteiger charge is -2.56. The van der Waals surface area contributed by atoms with E-state index in [1.165, 1.54) is 11.1 Å². The third-order valence-electron chi connectivity index (χ3n) is 8.20. The lowest BCUT2D eigenvalue weighted by atomic mass is 9.49. The molecule has 32 heavy (non-hydrogen) atoms. The van der Waals surface area contributed by atoms with E-state index in [9.17, 15) is 9.90 Å². The highest BCUT2D eigenvalue weighted by Crippen LogP contribution is 2.57. The van der Waals surface area contributed by atoms with Gasteiger partial charge in [-0.25, -0.2) is 0 Å². The number of aliphatic hydroxyl groups excluding tert-OH is 1. The van der Waals surface area contributed by atoms with Gasteiger partial charge in [0.15, 0.2) is 0 Å². The van der Waals surface area contributed by atoms with Gasteiger partial charge in [0, 0.05) is 12.7 Å². The summed E-state index contributed by atoms with van der Waals surface area (Å²) in [5.74, 6) is 1.66. The number of rotatable bonds is 4. The number of hydrogen-bond donors (Lipinski definition) is 1. The fourth-order valence-electron chi connectivity index (χ4n) is 6.15. The summed E-state index contributed by atoms with van der Waals surface area (Å²) in [5, 5.41) is 10.7. The highest BCUT2D eigenvalue weighted by Gasteiger charge is 2.53. The quantitative estimate of drug-likeness (QED) is 0.733. The highest BCUT2D eigenvalue weighted by atomic mass is 16.5. The number of methoxy groups -OCH3 is 2. The summed E-state index contributed by atoms with van der Waals surface area (Å²) in [7, 11) is 5.04. The minimum atomic E-state index is -0.275.